The largest absolute Gasteiger partial charge is 0.322 e. The van der Waals surface area contributed by atoms with E-state index in [0.29, 0.717) is 10.7 Å². The van der Waals surface area contributed by atoms with Crippen LogP contribution < -0.4 is 5.32 Å². The number of benzene rings is 2. The quantitative estimate of drug-likeness (QED) is 0.673. The summed E-state index contributed by atoms with van der Waals surface area (Å²) in [6, 6.07) is 9.66. The van der Waals surface area contributed by atoms with Crippen LogP contribution in [0.3, 0.4) is 0 Å². The summed E-state index contributed by atoms with van der Waals surface area (Å²) in [5.41, 5.74) is 2.25. The van der Waals surface area contributed by atoms with E-state index in [1.165, 1.54) is 24.6 Å². The first-order chi connectivity index (χ1) is 13.5. The lowest BCUT2D eigenvalue weighted by Crippen LogP contribution is -2.14. The minimum atomic E-state index is -0.613. The molecule has 0 aliphatic carbocycles. The van der Waals surface area contributed by atoms with Gasteiger partial charge < -0.3 is 9.88 Å². The van der Waals surface area contributed by atoms with Crippen molar-refractivity contribution in [3.8, 4) is 11.4 Å². The van der Waals surface area contributed by atoms with E-state index in [-0.39, 0.29) is 5.56 Å². The number of nitrogens with one attached hydrogen (secondary N) is 1. The first kappa shape index (κ1) is 18.6. The Labute approximate surface area is 167 Å². The highest BCUT2D eigenvalue weighted by atomic mass is 35.5. The number of anilines is 1. The molecule has 2 heterocycles. The Morgan fingerprint density at radius 2 is 2.00 bits per heavy atom. The molecular formula is C21H20ClFN4O. The van der Waals surface area contributed by atoms with Gasteiger partial charge in [0.25, 0.3) is 5.91 Å². The average Bonchev–Trinajstić information content (AvgIpc) is 2.93. The Morgan fingerprint density at radius 3 is 2.86 bits per heavy atom. The monoisotopic (exact) mass is 398 g/mol. The van der Waals surface area contributed by atoms with E-state index in [9.17, 15) is 9.18 Å². The molecule has 3 aromatic rings. The number of aryl methyl sites for hydroxylation is 2. The van der Waals surface area contributed by atoms with Crippen LogP contribution in [-0.4, -0.2) is 20.7 Å². The molecule has 144 valence electrons. The van der Waals surface area contributed by atoms with Gasteiger partial charge in [0.05, 0.1) is 5.56 Å². The second-order valence-electron chi connectivity index (χ2n) is 7.01. The molecular weight excluding hydrogens is 379 g/mol. The van der Waals surface area contributed by atoms with Crippen LogP contribution in [0, 0.1) is 12.7 Å². The van der Waals surface area contributed by atoms with Crippen LogP contribution >= 0.6 is 11.6 Å². The van der Waals surface area contributed by atoms with Gasteiger partial charge in [-0.05, 0) is 49.6 Å². The first-order valence-corrected chi connectivity index (χ1v) is 9.70. The molecule has 2 aromatic carbocycles. The molecule has 0 spiro atoms. The van der Waals surface area contributed by atoms with Crippen molar-refractivity contribution in [3.63, 3.8) is 0 Å². The molecule has 0 bridgehead atoms. The summed E-state index contributed by atoms with van der Waals surface area (Å²) in [4.78, 5) is 12.6. The Kier molecular flexibility index (Phi) is 5.13. The lowest BCUT2D eigenvalue weighted by atomic mass is 10.1. The second-order valence-corrected chi connectivity index (χ2v) is 7.45. The number of hydrogen-bond acceptors (Lipinski definition) is 3. The molecule has 1 aliphatic heterocycles. The SMILES string of the molecule is Cc1ccc(-c2nnc3n2CCCCC3)cc1NC(=O)c1cc(Cl)ccc1F. The Morgan fingerprint density at radius 1 is 1.14 bits per heavy atom. The summed E-state index contributed by atoms with van der Waals surface area (Å²) in [6.07, 6.45) is 4.33. The summed E-state index contributed by atoms with van der Waals surface area (Å²) in [7, 11) is 0. The van der Waals surface area contributed by atoms with E-state index in [4.69, 9.17) is 11.6 Å². The average molecular weight is 399 g/mol. The zero-order valence-corrected chi connectivity index (χ0v) is 16.3. The maximum absolute atomic E-state index is 14.0. The predicted octanol–water partition coefficient (Wildman–Crippen LogP) is 5.02. The Hall–Kier alpha value is -2.73. The summed E-state index contributed by atoms with van der Waals surface area (Å²) < 4.78 is 16.2. The minimum Gasteiger partial charge on any atom is -0.322 e. The van der Waals surface area contributed by atoms with Gasteiger partial charge in [0.1, 0.15) is 11.6 Å². The fourth-order valence-corrected chi connectivity index (χ4v) is 3.63. The summed E-state index contributed by atoms with van der Waals surface area (Å²) in [5, 5.41) is 11.8. The van der Waals surface area contributed by atoms with Crippen molar-refractivity contribution in [2.24, 2.45) is 0 Å². The standard InChI is InChI=1S/C21H20ClFN4O/c1-13-6-7-14(20-26-25-19-5-3-2-4-10-27(19)20)11-18(13)24-21(28)16-12-15(22)8-9-17(16)23/h6-9,11-12H,2-5,10H2,1H3,(H,24,28). The number of nitrogens with zero attached hydrogens (tertiary/aromatic N) is 3. The van der Waals surface area contributed by atoms with Crippen LogP contribution in [0.5, 0.6) is 0 Å². The lowest BCUT2D eigenvalue weighted by molar-refractivity contribution is 0.102. The summed E-state index contributed by atoms with van der Waals surface area (Å²) >= 11 is 5.90. The third-order valence-electron chi connectivity index (χ3n) is 5.03. The van der Waals surface area contributed by atoms with Crippen LogP contribution in [0.1, 0.15) is 41.0 Å². The van der Waals surface area contributed by atoms with Crippen molar-refractivity contribution >= 4 is 23.2 Å². The number of carbonyl (C=O) groups excluding carboxylic acids is 1. The number of rotatable bonds is 3. The minimum absolute atomic E-state index is 0.0892. The first-order valence-electron chi connectivity index (χ1n) is 9.32. The summed E-state index contributed by atoms with van der Waals surface area (Å²) in [6.45, 7) is 2.78. The van der Waals surface area contributed by atoms with Crippen molar-refractivity contribution < 1.29 is 9.18 Å². The lowest BCUT2D eigenvalue weighted by Gasteiger charge is -2.12. The molecule has 1 N–H and O–H groups in total. The maximum atomic E-state index is 14.0. The highest BCUT2D eigenvalue weighted by molar-refractivity contribution is 6.31. The van der Waals surface area contributed by atoms with Gasteiger partial charge in [-0.3, -0.25) is 4.79 Å². The molecule has 0 radical (unpaired) electrons. The third-order valence-corrected chi connectivity index (χ3v) is 5.26. The topological polar surface area (TPSA) is 59.8 Å². The normalized spacial score (nSPS) is 13.7. The fraction of sp³-hybridized carbons (Fsp3) is 0.286. The molecule has 1 aliphatic rings. The Bertz CT molecular complexity index is 1050. The zero-order chi connectivity index (χ0) is 19.7. The molecule has 0 saturated carbocycles. The Balaban J connectivity index is 1.66. The zero-order valence-electron chi connectivity index (χ0n) is 15.5. The van der Waals surface area contributed by atoms with E-state index in [2.05, 4.69) is 20.1 Å². The number of fused-ring (bicyclic) bond motifs is 1. The van der Waals surface area contributed by atoms with Gasteiger partial charge in [0.2, 0.25) is 0 Å². The molecule has 0 unspecified atom stereocenters. The highest BCUT2D eigenvalue weighted by Crippen LogP contribution is 2.27. The molecule has 4 rings (SSSR count). The number of aromatic nitrogens is 3. The van der Waals surface area contributed by atoms with Gasteiger partial charge in [-0.1, -0.05) is 30.2 Å². The molecule has 7 heteroatoms. The van der Waals surface area contributed by atoms with Gasteiger partial charge >= 0.3 is 0 Å². The van der Waals surface area contributed by atoms with Gasteiger partial charge in [0.15, 0.2) is 5.82 Å². The van der Waals surface area contributed by atoms with Gasteiger partial charge in [0, 0.05) is 29.2 Å². The van der Waals surface area contributed by atoms with E-state index in [0.717, 1.165) is 48.6 Å². The van der Waals surface area contributed by atoms with Crippen molar-refractivity contribution in [1.82, 2.24) is 14.8 Å². The number of carbonyl (C=O) groups is 1. The van der Waals surface area contributed by atoms with E-state index in [1.807, 2.05) is 25.1 Å². The van der Waals surface area contributed by atoms with E-state index < -0.39 is 11.7 Å². The van der Waals surface area contributed by atoms with Crippen LogP contribution in [0.2, 0.25) is 5.02 Å². The molecule has 5 nitrogen and oxygen atoms in total. The van der Waals surface area contributed by atoms with Crippen LogP contribution in [-0.2, 0) is 13.0 Å². The fourth-order valence-electron chi connectivity index (χ4n) is 3.46. The smallest absolute Gasteiger partial charge is 0.258 e. The summed E-state index contributed by atoms with van der Waals surface area (Å²) in [5.74, 6) is 0.639. The van der Waals surface area contributed by atoms with Crippen molar-refractivity contribution in [2.45, 2.75) is 39.2 Å². The number of hydrogen-bond donors (Lipinski definition) is 1. The molecule has 0 atom stereocenters. The van der Waals surface area contributed by atoms with Gasteiger partial charge in [-0.25, -0.2) is 4.39 Å². The number of amides is 1. The molecule has 1 amide bonds. The second kappa shape index (κ2) is 7.72. The van der Waals surface area contributed by atoms with Gasteiger partial charge in [-0.2, -0.15) is 0 Å². The van der Waals surface area contributed by atoms with Crippen LogP contribution in [0.15, 0.2) is 36.4 Å². The van der Waals surface area contributed by atoms with Crippen molar-refractivity contribution in [3.05, 3.63) is 64.2 Å². The third kappa shape index (κ3) is 3.64. The molecule has 0 saturated heterocycles. The highest BCUT2D eigenvalue weighted by Gasteiger charge is 2.18. The molecule has 1 aromatic heterocycles. The van der Waals surface area contributed by atoms with Crippen molar-refractivity contribution in [1.29, 1.82) is 0 Å². The molecule has 28 heavy (non-hydrogen) atoms. The van der Waals surface area contributed by atoms with Gasteiger partial charge in [-0.15, -0.1) is 10.2 Å². The molecule has 0 fully saturated rings. The van der Waals surface area contributed by atoms with Crippen LogP contribution in [0.25, 0.3) is 11.4 Å². The maximum Gasteiger partial charge on any atom is 0.258 e. The number of halogens is 2. The van der Waals surface area contributed by atoms with Crippen molar-refractivity contribution in [2.75, 3.05) is 5.32 Å². The van der Waals surface area contributed by atoms with E-state index in [1.54, 1.807) is 0 Å². The van der Waals surface area contributed by atoms with E-state index >= 15 is 0 Å². The predicted molar refractivity (Wildman–Crippen MR) is 107 cm³/mol. The van der Waals surface area contributed by atoms with Crippen LogP contribution in [0.4, 0.5) is 10.1 Å².